The van der Waals surface area contributed by atoms with E-state index in [9.17, 15) is 0 Å². The van der Waals surface area contributed by atoms with E-state index in [1.807, 2.05) is 0 Å². The van der Waals surface area contributed by atoms with Crippen molar-refractivity contribution in [3.8, 4) is 0 Å². The molecular weight excluding hydrogens is 232 g/mol. The molecule has 0 radical (unpaired) electrons. The minimum absolute atomic E-state index is 0.659. The Morgan fingerprint density at radius 1 is 1.00 bits per heavy atom. The second-order valence-corrected chi connectivity index (χ2v) is 7.00. The molecule has 0 aromatic heterocycles. The first-order chi connectivity index (χ1) is 9.04. The van der Waals surface area contributed by atoms with E-state index in [0.29, 0.717) is 12.1 Å². The summed E-state index contributed by atoms with van der Waals surface area (Å²) < 4.78 is 0. The lowest BCUT2D eigenvalue weighted by Gasteiger charge is -2.37. The predicted octanol–water partition coefficient (Wildman–Crippen LogP) is 3.91. The van der Waals surface area contributed by atoms with Crippen LogP contribution in [-0.4, -0.2) is 36.6 Å². The number of nitrogens with one attached hydrogen (secondary N) is 1. The zero-order valence-corrected chi connectivity index (χ0v) is 13.9. The van der Waals surface area contributed by atoms with Gasteiger partial charge in [0.25, 0.3) is 0 Å². The Labute approximate surface area is 121 Å². The third-order valence-electron chi connectivity index (χ3n) is 4.45. The van der Waals surface area contributed by atoms with Crippen molar-refractivity contribution in [3.05, 3.63) is 0 Å². The Balaban J connectivity index is 2.57. The van der Waals surface area contributed by atoms with Gasteiger partial charge in [0.15, 0.2) is 0 Å². The van der Waals surface area contributed by atoms with Crippen molar-refractivity contribution in [3.63, 3.8) is 0 Å². The zero-order valence-electron chi connectivity index (χ0n) is 13.9. The van der Waals surface area contributed by atoms with Crippen molar-refractivity contribution in [2.45, 2.75) is 78.8 Å². The number of hydrogen-bond acceptors (Lipinski definition) is 2. The molecule has 0 heterocycles. The average Bonchev–Trinajstić information content (AvgIpc) is 2.37. The van der Waals surface area contributed by atoms with Crippen LogP contribution in [0.5, 0.6) is 0 Å². The van der Waals surface area contributed by atoms with Crippen LogP contribution in [-0.2, 0) is 0 Å². The van der Waals surface area contributed by atoms with Crippen molar-refractivity contribution in [2.75, 3.05) is 19.6 Å². The maximum Gasteiger partial charge on any atom is 0.0223 e. The third-order valence-corrected chi connectivity index (χ3v) is 4.45. The molecule has 0 amide bonds. The lowest BCUT2D eigenvalue weighted by atomic mass is 9.83. The third kappa shape index (κ3) is 6.27. The van der Waals surface area contributed by atoms with Crippen molar-refractivity contribution < 1.29 is 0 Å². The van der Waals surface area contributed by atoms with E-state index in [-0.39, 0.29) is 0 Å². The maximum absolute atomic E-state index is 3.77. The van der Waals surface area contributed by atoms with E-state index in [2.05, 4.69) is 44.8 Å². The van der Waals surface area contributed by atoms with Gasteiger partial charge in [0.1, 0.15) is 0 Å². The summed E-state index contributed by atoms with van der Waals surface area (Å²) in [6.07, 6.45) is 7.21. The van der Waals surface area contributed by atoms with Crippen LogP contribution < -0.4 is 5.32 Å². The van der Waals surface area contributed by atoms with Crippen molar-refractivity contribution in [1.29, 1.82) is 0 Å². The zero-order chi connectivity index (χ0) is 14.3. The van der Waals surface area contributed by atoms with Crippen LogP contribution in [0.25, 0.3) is 0 Å². The summed E-state index contributed by atoms with van der Waals surface area (Å²) in [5, 5.41) is 3.77. The Morgan fingerprint density at radius 2 is 1.63 bits per heavy atom. The molecular formula is C17H36N2. The second kappa shape index (κ2) is 8.97. The molecule has 1 N–H and O–H groups in total. The molecule has 2 nitrogen and oxygen atoms in total. The van der Waals surface area contributed by atoms with Gasteiger partial charge in [-0.05, 0) is 45.1 Å². The summed E-state index contributed by atoms with van der Waals surface area (Å²) in [6, 6.07) is 1.36. The van der Waals surface area contributed by atoms with Gasteiger partial charge in [-0.15, -0.1) is 0 Å². The van der Waals surface area contributed by atoms with Gasteiger partial charge >= 0.3 is 0 Å². The highest BCUT2D eigenvalue weighted by atomic mass is 15.2. The molecule has 1 rings (SSSR count). The van der Waals surface area contributed by atoms with Crippen LogP contribution in [0.2, 0.25) is 0 Å². The Morgan fingerprint density at radius 3 is 2.11 bits per heavy atom. The maximum atomic E-state index is 3.77. The van der Waals surface area contributed by atoms with E-state index in [1.54, 1.807) is 0 Å². The first kappa shape index (κ1) is 17.0. The van der Waals surface area contributed by atoms with Crippen LogP contribution >= 0.6 is 0 Å². The fraction of sp³-hybridized carbons (Fsp3) is 1.00. The van der Waals surface area contributed by atoms with Crippen molar-refractivity contribution in [2.24, 2.45) is 11.8 Å². The Bertz CT molecular complexity index is 219. The SMILES string of the molecule is CCNC(CN(CC(C)C)C(C)C)C1CCCCC1. The predicted molar refractivity (Wildman–Crippen MR) is 85.6 cm³/mol. The quantitative estimate of drug-likeness (QED) is 0.718. The summed E-state index contributed by atoms with van der Waals surface area (Å²) in [5.41, 5.74) is 0. The summed E-state index contributed by atoms with van der Waals surface area (Å²) in [5.74, 6) is 1.66. The minimum atomic E-state index is 0.659. The molecule has 1 saturated carbocycles. The van der Waals surface area contributed by atoms with Gasteiger partial charge in [-0.25, -0.2) is 0 Å². The molecule has 0 aliphatic heterocycles. The Hall–Kier alpha value is -0.0800. The lowest BCUT2D eigenvalue weighted by molar-refractivity contribution is 0.144. The molecule has 1 unspecified atom stereocenters. The van der Waals surface area contributed by atoms with E-state index in [1.165, 1.54) is 45.2 Å². The highest BCUT2D eigenvalue weighted by Gasteiger charge is 2.25. The first-order valence-electron chi connectivity index (χ1n) is 8.52. The summed E-state index contributed by atoms with van der Waals surface area (Å²) in [7, 11) is 0. The van der Waals surface area contributed by atoms with Crippen LogP contribution in [0.1, 0.15) is 66.7 Å². The lowest BCUT2D eigenvalue weighted by Crippen LogP contribution is -2.49. The molecule has 1 atom stereocenters. The smallest absolute Gasteiger partial charge is 0.0223 e. The molecule has 1 fully saturated rings. The largest absolute Gasteiger partial charge is 0.313 e. The highest BCUT2D eigenvalue weighted by Crippen LogP contribution is 2.27. The van der Waals surface area contributed by atoms with Crippen LogP contribution in [0.3, 0.4) is 0 Å². The van der Waals surface area contributed by atoms with E-state index in [0.717, 1.165) is 18.4 Å². The van der Waals surface area contributed by atoms with E-state index in [4.69, 9.17) is 0 Å². The highest BCUT2D eigenvalue weighted by molar-refractivity contribution is 4.83. The molecule has 19 heavy (non-hydrogen) atoms. The van der Waals surface area contributed by atoms with Gasteiger partial charge in [0.05, 0.1) is 0 Å². The normalized spacial score (nSPS) is 19.6. The topological polar surface area (TPSA) is 15.3 Å². The Kier molecular flexibility index (Phi) is 8.01. The second-order valence-electron chi connectivity index (χ2n) is 7.00. The summed E-state index contributed by atoms with van der Waals surface area (Å²) in [6.45, 7) is 15.2. The van der Waals surface area contributed by atoms with Gasteiger partial charge < -0.3 is 5.32 Å². The summed E-state index contributed by atoms with van der Waals surface area (Å²) >= 11 is 0. The molecule has 1 aliphatic rings. The fourth-order valence-corrected chi connectivity index (χ4v) is 3.40. The van der Waals surface area contributed by atoms with Crippen LogP contribution in [0.4, 0.5) is 0 Å². The number of likely N-dealkylation sites (N-methyl/N-ethyl adjacent to an activating group) is 1. The molecule has 1 aliphatic carbocycles. The van der Waals surface area contributed by atoms with Gasteiger partial charge in [-0.2, -0.15) is 0 Å². The molecule has 0 aromatic rings. The van der Waals surface area contributed by atoms with Gasteiger partial charge in [-0.1, -0.05) is 40.0 Å². The van der Waals surface area contributed by atoms with Crippen molar-refractivity contribution in [1.82, 2.24) is 10.2 Å². The number of hydrogen-bond donors (Lipinski definition) is 1. The molecule has 0 saturated heterocycles. The molecule has 2 heteroatoms. The van der Waals surface area contributed by atoms with Crippen LogP contribution in [0.15, 0.2) is 0 Å². The average molecular weight is 268 g/mol. The van der Waals surface area contributed by atoms with Gasteiger partial charge in [0, 0.05) is 25.2 Å². The fourth-order valence-electron chi connectivity index (χ4n) is 3.40. The molecule has 114 valence electrons. The van der Waals surface area contributed by atoms with E-state index < -0.39 is 0 Å². The molecule has 0 bridgehead atoms. The molecule has 0 aromatic carbocycles. The summed E-state index contributed by atoms with van der Waals surface area (Å²) in [4.78, 5) is 2.67. The van der Waals surface area contributed by atoms with Crippen molar-refractivity contribution >= 4 is 0 Å². The van der Waals surface area contributed by atoms with Gasteiger partial charge in [0.2, 0.25) is 0 Å². The number of rotatable bonds is 8. The van der Waals surface area contributed by atoms with E-state index >= 15 is 0 Å². The monoisotopic (exact) mass is 268 g/mol. The van der Waals surface area contributed by atoms with Gasteiger partial charge in [-0.3, -0.25) is 4.90 Å². The molecule has 0 spiro atoms. The first-order valence-corrected chi connectivity index (χ1v) is 8.52. The minimum Gasteiger partial charge on any atom is -0.313 e. The number of nitrogens with zero attached hydrogens (tertiary/aromatic N) is 1. The standard InChI is InChI=1S/C17H36N2/c1-6-18-17(16-10-8-7-9-11-16)13-19(15(4)5)12-14(2)3/h14-18H,6-13H2,1-5H3. The van der Waals surface area contributed by atoms with Crippen LogP contribution in [0, 0.1) is 11.8 Å².